The zero-order valence-corrected chi connectivity index (χ0v) is 21.8. The van der Waals surface area contributed by atoms with E-state index in [1.807, 2.05) is 52.8 Å². The Bertz CT molecular complexity index is 1380. The summed E-state index contributed by atoms with van der Waals surface area (Å²) in [4.78, 5) is 56.3. The number of aromatic amines is 1. The first-order valence-corrected chi connectivity index (χ1v) is 12.0. The first-order chi connectivity index (χ1) is 16.9. The van der Waals surface area contributed by atoms with Crippen LogP contribution < -0.4 is 21.9 Å². The van der Waals surface area contributed by atoms with Gasteiger partial charge in [-0.25, -0.2) is 4.79 Å². The van der Waals surface area contributed by atoms with E-state index in [0.717, 1.165) is 16.5 Å². The predicted molar refractivity (Wildman–Crippen MR) is 140 cm³/mol. The Labute approximate surface area is 209 Å². The standard InChI is InChI=1S/C26H35N5O5/c1-15(2)11-30(23-24(27)31(12-16(3)4)26(35)28-25(23)34)22(33)13-29(6)21(32)10-18-14-36-20-9-17(5)7-8-19(18)20/h7-9,14-16H,10-13,27H2,1-6H3,(H,28,34,35). The van der Waals surface area contributed by atoms with Crippen molar-refractivity contribution < 1.29 is 14.0 Å². The van der Waals surface area contributed by atoms with Gasteiger partial charge in [0.1, 0.15) is 11.4 Å². The first kappa shape index (κ1) is 26.8. The third-order valence-electron chi connectivity index (χ3n) is 5.83. The minimum atomic E-state index is -0.736. The largest absolute Gasteiger partial charge is 0.464 e. The number of rotatable bonds is 9. The molecule has 0 radical (unpaired) electrons. The Morgan fingerprint density at radius 3 is 2.44 bits per heavy atom. The summed E-state index contributed by atoms with van der Waals surface area (Å²) in [5, 5.41) is 0.849. The van der Waals surface area contributed by atoms with Gasteiger partial charge in [0.2, 0.25) is 11.8 Å². The van der Waals surface area contributed by atoms with Gasteiger partial charge in [0.25, 0.3) is 5.56 Å². The third-order valence-corrected chi connectivity index (χ3v) is 5.83. The van der Waals surface area contributed by atoms with E-state index in [4.69, 9.17) is 10.2 Å². The molecule has 2 amide bonds. The van der Waals surface area contributed by atoms with Crippen LogP contribution in [-0.4, -0.2) is 46.4 Å². The number of carbonyl (C=O) groups is 2. The van der Waals surface area contributed by atoms with Gasteiger partial charge in [0.05, 0.1) is 19.2 Å². The lowest BCUT2D eigenvalue weighted by Gasteiger charge is -2.28. The van der Waals surface area contributed by atoms with Gasteiger partial charge in [-0.2, -0.15) is 0 Å². The number of amides is 2. The summed E-state index contributed by atoms with van der Waals surface area (Å²) < 4.78 is 6.85. The molecule has 0 aliphatic heterocycles. The molecule has 3 N–H and O–H groups in total. The Balaban J connectivity index is 1.85. The molecule has 10 heteroatoms. The molecule has 0 saturated carbocycles. The minimum Gasteiger partial charge on any atom is -0.464 e. The predicted octanol–water partition coefficient (Wildman–Crippen LogP) is 2.52. The number of nitrogens with two attached hydrogens (primary N) is 1. The molecular weight excluding hydrogens is 462 g/mol. The number of aryl methyl sites for hydroxylation is 1. The van der Waals surface area contributed by atoms with Crippen molar-refractivity contribution in [2.45, 2.75) is 47.6 Å². The van der Waals surface area contributed by atoms with Crippen molar-refractivity contribution in [3.05, 3.63) is 56.4 Å². The third kappa shape index (κ3) is 5.87. The second-order valence-corrected chi connectivity index (χ2v) is 10.1. The fourth-order valence-electron chi connectivity index (χ4n) is 4.07. The van der Waals surface area contributed by atoms with E-state index in [-0.39, 0.29) is 55.3 Å². The van der Waals surface area contributed by atoms with Crippen LogP contribution in [-0.2, 0) is 22.6 Å². The normalized spacial score (nSPS) is 11.4. The monoisotopic (exact) mass is 497 g/mol. The molecule has 0 unspecified atom stereocenters. The molecule has 2 aromatic heterocycles. The number of H-pyrrole nitrogens is 1. The molecular formula is C26H35N5O5. The van der Waals surface area contributed by atoms with Gasteiger partial charge in [-0.1, -0.05) is 39.8 Å². The second kappa shape index (κ2) is 10.8. The van der Waals surface area contributed by atoms with Crippen molar-refractivity contribution in [1.29, 1.82) is 0 Å². The van der Waals surface area contributed by atoms with Crippen LogP contribution >= 0.6 is 0 Å². The zero-order valence-electron chi connectivity index (χ0n) is 21.8. The van der Waals surface area contributed by atoms with Crippen LogP contribution in [0.25, 0.3) is 11.0 Å². The molecule has 36 heavy (non-hydrogen) atoms. The van der Waals surface area contributed by atoms with Crippen molar-refractivity contribution in [2.75, 3.05) is 30.8 Å². The molecule has 2 heterocycles. The Hall–Kier alpha value is -3.82. The fourth-order valence-corrected chi connectivity index (χ4v) is 4.07. The van der Waals surface area contributed by atoms with Crippen molar-refractivity contribution in [1.82, 2.24) is 14.5 Å². The number of nitrogen functional groups attached to an aromatic ring is 1. The highest BCUT2D eigenvalue weighted by Gasteiger charge is 2.27. The molecule has 0 bridgehead atoms. The lowest BCUT2D eigenvalue weighted by Crippen LogP contribution is -2.47. The lowest BCUT2D eigenvalue weighted by molar-refractivity contribution is -0.133. The molecule has 3 rings (SSSR count). The molecule has 0 atom stereocenters. The number of benzene rings is 1. The number of nitrogens with one attached hydrogen (secondary N) is 1. The lowest BCUT2D eigenvalue weighted by atomic mass is 10.1. The molecule has 0 fully saturated rings. The number of carbonyl (C=O) groups excluding carboxylic acids is 2. The van der Waals surface area contributed by atoms with Crippen LogP contribution in [0.3, 0.4) is 0 Å². The number of likely N-dealkylation sites (N-methyl/N-ethyl adjacent to an activating group) is 1. The molecule has 1 aromatic carbocycles. The average molecular weight is 498 g/mol. The fraction of sp³-hybridized carbons (Fsp3) is 0.462. The second-order valence-electron chi connectivity index (χ2n) is 10.1. The molecule has 194 valence electrons. The molecule has 0 saturated heterocycles. The molecule has 0 aliphatic rings. The molecule has 0 spiro atoms. The van der Waals surface area contributed by atoms with Gasteiger partial charge in [-0.3, -0.25) is 23.9 Å². The number of hydrogen-bond acceptors (Lipinski definition) is 6. The van der Waals surface area contributed by atoms with Crippen molar-refractivity contribution in [2.24, 2.45) is 11.8 Å². The molecule has 10 nitrogen and oxygen atoms in total. The van der Waals surface area contributed by atoms with Crippen molar-refractivity contribution in [3.63, 3.8) is 0 Å². The van der Waals surface area contributed by atoms with E-state index >= 15 is 0 Å². The number of fused-ring (bicyclic) bond motifs is 1. The van der Waals surface area contributed by atoms with E-state index in [2.05, 4.69) is 4.98 Å². The average Bonchev–Trinajstić information content (AvgIpc) is 3.16. The first-order valence-electron chi connectivity index (χ1n) is 12.0. The summed E-state index contributed by atoms with van der Waals surface area (Å²) >= 11 is 0. The van der Waals surface area contributed by atoms with Crippen molar-refractivity contribution in [3.8, 4) is 0 Å². The Morgan fingerprint density at radius 2 is 1.81 bits per heavy atom. The van der Waals surface area contributed by atoms with E-state index in [1.54, 1.807) is 6.26 Å². The Morgan fingerprint density at radius 1 is 1.11 bits per heavy atom. The summed E-state index contributed by atoms with van der Waals surface area (Å²) in [6.45, 7) is 9.81. The van der Waals surface area contributed by atoms with Gasteiger partial charge < -0.3 is 20.0 Å². The molecule has 3 aromatic rings. The van der Waals surface area contributed by atoms with Crippen LogP contribution in [0.1, 0.15) is 38.8 Å². The van der Waals surface area contributed by atoms with Gasteiger partial charge in [-0.15, -0.1) is 0 Å². The molecule has 0 aliphatic carbocycles. The van der Waals surface area contributed by atoms with Crippen LogP contribution in [0.2, 0.25) is 0 Å². The van der Waals surface area contributed by atoms with E-state index < -0.39 is 17.2 Å². The summed E-state index contributed by atoms with van der Waals surface area (Å²) in [6, 6.07) is 5.76. The minimum absolute atomic E-state index is 0.0000130. The highest BCUT2D eigenvalue weighted by molar-refractivity contribution is 5.99. The summed E-state index contributed by atoms with van der Waals surface area (Å²) in [5.41, 5.74) is 7.30. The van der Waals surface area contributed by atoms with E-state index in [9.17, 15) is 19.2 Å². The summed E-state index contributed by atoms with van der Waals surface area (Å²) in [7, 11) is 1.54. The number of nitrogens with zero attached hydrogens (tertiary/aromatic N) is 3. The smallest absolute Gasteiger partial charge is 0.330 e. The van der Waals surface area contributed by atoms with Gasteiger partial charge in [0.15, 0.2) is 5.69 Å². The number of aromatic nitrogens is 2. The maximum absolute atomic E-state index is 13.4. The van der Waals surface area contributed by atoms with Crippen molar-refractivity contribution >= 4 is 34.3 Å². The van der Waals surface area contributed by atoms with Crippen LogP contribution in [0.15, 0.2) is 38.5 Å². The van der Waals surface area contributed by atoms with Gasteiger partial charge in [-0.05, 0) is 30.4 Å². The van der Waals surface area contributed by atoms with Crippen LogP contribution in [0.4, 0.5) is 11.5 Å². The highest BCUT2D eigenvalue weighted by Crippen LogP contribution is 2.23. The van der Waals surface area contributed by atoms with E-state index in [0.29, 0.717) is 5.58 Å². The zero-order chi connectivity index (χ0) is 26.7. The van der Waals surface area contributed by atoms with E-state index in [1.165, 1.54) is 21.4 Å². The maximum atomic E-state index is 13.4. The maximum Gasteiger partial charge on any atom is 0.330 e. The van der Waals surface area contributed by atoms with Gasteiger partial charge >= 0.3 is 5.69 Å². The van der Waals surface area contributed by atoms with Crippen LogP contribution in [0, 0.1) is 18.8 Å². The Kier molecular flexibility index (Phi) is 8.07. The topological polar surface area (TPSA) is 135 Å². The van der Waals surface area contributed by atoms with Crippen LogP contribution in [0.5, 0.6) is 0 Å². The SMILES string of the molecule is Cc1ccc2c(CC(=O)N(C)CC(=O)N(CC(C)C)c3c(N)n(CC(C)C)c(=O)[nH]c3=O)coc2c1. The highest BCUT2D eigenvalue weighted by atomic mass is 16.3. The number of furan rings is 1. The summed E-state index contributed by atoms with van der Waals surface area (Å²) in [5.74, 6) is -0.729. The number of hydrogen-bond donors (Lipinski definition) is 2. The summed E-state index contributed by atoms with van der Waals surface area (Å²) in [6.07, 6.45) is 1.62. The van der Waals surface area contributed by atoms with Gasteiger partial charge in [0, 0.05) is 31.1 Å². The quantitative estimate of drug-likeness (QED) is 0.466. The number of anilines is 2.